The second-order valence-electron chi connectivity index (χ2n) is 4.30. The third-order valence-electron chi connectivity index (χ3n) is 3.22. The van der Waals surface area contributed by atoms with Gasteiger partial charge in [-0.05, 0) is 30.7 Å². The molecule has 0 saturated heterocycles. The number of benzene rings is 1. The van der Waals surface area contributed by atoms with Gasteiger partial charge in [-0.15, -0.1) is 0 Å². The maximum atomic E-state index is 11.3. The number of carbonyl (C=O) groups is 1. The molecule has 1 aromatic carbocycles. The topological polar surface area (TPSA) is 55.6 Å². The second-order valence-corrected chi connectivity index (χ2v) is 4.30. The van der Waals surface area contributed by atoms with Crippen LogP contribution in [0.1, 0.15) is 16.8 Å². The van der Waals surface area contributed by atoms with E-state index in [0.717, 1.165) is 25.2 Å². The summed E-state index contributed by atoms with van der Waals surface area (Å²) in [5.74, 6) is -0.300. The van der Waals surface area contributed by atoms with Crippen molar-refractivity contribution >= 4 is 11.7 Å². The fourth-order valence-corrected chi connectivity index (χ4v) is 2.06. The van der Waals surface area contributed by atoms with Crippen LogP contribution in [-0.4, -0.2) is 32.7 Å². The highest BCUT2D eigenvalue weighted by Gasteiger charge is 2.12. The minimum atomic E-state index is -0.300. The van der Waals surface area contributed by atoms with Gasteiger partial charge in [-0.1, -0.05) is 11.6 Å². The molecule has 1 aliphatic rings. The molecule has 0 saturated carbocycles. The zero-order valence-corrected chi connectivity index (χ0v) is 10.6. The molecule has 0 radical (unpaired) electrons. The predicted molar refractivity (Wildman–Crippen MR) is 71.7 cm³/mol. The molecule has 0 aromatic heterocycles. The third kappa shape index (κ3) is 2.71. The van der Waals surface area contributed by atoms with Crippen molar-refractivity contribution in [2.75, 3.05) is 31.6 Å². The van der Waals surface area contributed by atoms with Gasteiger partial charge in [0.25, 0.3) is 0 Å². The van der Waals surface area contributed by atoms with E-state index in [9.17, 15) is 4.79 Å². The summed E-state index contributed by atoms with van der Waals surface area (Å²) in [6, 6.07) is 7.49. The number of hydrogen-bond donors (Lipinski definition) is 1. The Morgan fingerprint density at radius 1 is 1.39 bits per heavy atom. The molecule has 0 bridgehead atoms. The lowest BCUT2D eigenvalue weighted by Crippen LogP contribution is -2.29. The molecule has 0 aliphatic carbocycles. The van der Waals surface area contributed by atoms with Gasteiger partial charge in [-0.25, -0.2) is 4.79 Å². The Labute approximate surface area is 107 Å². The Morgan fingerprint density at radius 3 is 2.61 bits per heavy atom. The lowest BCUT2D eigenvalue weighted by atomic mass is 10.1. The van der Waals surface area contributed by atoms with Crippen LogP contribution in [-0.2, 0) is 4.74 Å². The molecule has 4 heteroatoms. The van der Waals surface area contributed by atoms with Crippen LogP contribution in [0.3, 0.4) is 0 Å². The van der Waals surface area contributed by atoms with E-state index in [0.29, 0.717) is 12.1 Å². The lowest BCUT2D eigenvalue weighted by molar-refractivity contribution is 0.0601. The zero-order valence-electron chi connectivity index (χ0n) is 10.6. The molecule has 96 valence electrons. The molecule has 1 aliphatic heterocycles. The summed E-state index contributed by atoms with van der Waals surface area (Å²) in [5, 5.41) is 0. The van der Waals surface area contributed by atoms with Gasteiger partial charge in [0.05, 0.1) is 12.7 Å². The molecule has 0 fully saturated rings. The molecule has 2 rings (SSSR count). The van der Waals surface area contributed by atoms with Gasteiger partial charge in [0.15, 0.2) is 0 Å². The number of hydrogen-bond acceptors (Lipinski definition) is 4. The van der Waals surface area contributed by atoms with Gasteiger partial charge in [0, 0.05) is 25.3 Å². The molecule has 1 aromatic rings. The number of esters is 1. The second kappa shape index (κ2) is 5.69. The molecule has 18 heavy (non-hydrogen) atoms. The fraction of sp³-hybridized carbons (Fsp3) is 0.357. The quantitative estimate of drug-likeness (QED) is 0.649. The maximum absolute atomic E-state index is 11.3. The van der Waals surface area contributed by atoms with E-state index < -0.39 is 0 Å². The number of methoxy groups -OCH3 is 1. The Hall–Kier alpha value is -1.81. The Morgan fingerprint density at radius 2 is 2.11 bits per heavy atom. The summed E-state index contributed by atoms with van der Waals surface area (Å²) in [7, 11) is 1.39. The minimum Gasteiger partial charge on any atom is -0.465 e. The summed E-state index contributed by atoms with van der Waals surface area (Å²) in [6.45, 7) is 2.50. The van der Waals surface area contributed by atoms with E-state index in [1.54, 1.807) is 12.1 Å². The minimum absolute atomic E-state index is 0.300. The molecule has 1 heterocycles. The molecule has 4 nitrogen and oxygen atoms in total. The van der Waals surface area contributed by atoms with Crippen LogP contribution in [0.15, 0.2) is 35.9 Å². The Kier molecular flexibility index (Phi) is 3.99. The molecule has 2 N–H and O–H groups in total. The van der Waals surface area contributed by atoms with Gasteiger partial charge in [0.1, 0.15) is 0 Å². The number of nitrogens with zero attached hydrogens (tertiary/aromatic N) is 1. The van der Waals surface area contributed by atoms with Gasteiger partial charge in [0.2, 0.25) is 0 Å². The Balaban J connectivity index is 2.07. The van der Waals surface area contributed by atoms with E-state index in [-0.39, 0.29) is 5.97 Å². The van der Waals surface area contributed by atoms with Crippen LogP contribution < -0.4 is 10.6 Å². The summed E-state index contributed by atoms with van der Waals surface area (Å²) in [6.07, 6.45) is 3.19. The standard InChI is InChI=1S/C14H18N2O2/c1-18-14(17)12-2-4-13(5-3-12)16-8-6-11(10-15)7-9-16/h2-6H,7-10,15H2,1H3. The van der Waals surface area contributed by atoms with Crippen LogP contribution in [0.4, 0.5) is 5.69 Å². The van der Waals surface area contributed by atoms with Gasteiger partial charge in [-0.2, -0.15) is 0 Å². The summed E-state index contributed by atoms with van der Waals surface area (Å²) in [4.78, 5) is 13.6. The first kappa shape index (κ1) is 12.6. The first-order chi connectivity index (χ1) is 8.74. The smallest absolute Gasteiger partial charge is 0.337 e. The van der Waals surface area contributed by atoms with Gasteiger partial charge < -0.3 is 15.4 Å². The zero-order chi connectivity index (χ0) is 13.0. The average Bonchev–Trinajstić information content (AvgIpc) is 2.47. The van der Waals surface area contributed by atoms with Crippen LogP contribution >= 0.6 is 0 Å². The number of rotatable bonds is 3. The third-order valence-corrected chi connectivity index (χ3v) is 3.22. The van der Waals surface area contributed by atoms with Crippen molar-refractivity contribution in [3.63, 3.8) is 0 Å². The largest absolute Gasteiger partial charge is 0.465 e. The molecule has 0 atom stereocenters. The Bertz CT molecular complexity index is 451. The molecular formula is C14H18N2O2. The fourth-order valence-electron chi connectivity index (χ4n) is 2.06. The van der Waals surface area contributed by atoms with Crippen molar-refractivity contribution in [3.8, 4) is 0 Å². The van der Waals surface area contributed by atoms with Crippen molar-refractivity contribution in [1.82, 2.24) is 0 Å². The van der Waals surface area contributed by atoms with E-state index >= 15 is 0 Å². The number of carbonyl (C=O) groups excluding carboxylic acids is 1. The van der Waals surface area contributed by atoms with E-state index in [1.165, 1.54) is 12.7 Å². The first-order valence-electron chi connectivity index (χ1n) is 6.06. The van der Waals surface area contributed by atoms with Crippen LogP contribution in [0.2, 0.25) is 0 Å². The summed E-state index contributed by atoms with van der Waals surface area (Å²) < 4.78 is 4.67. The number of anilines is 1. The summed E-state index contributed by atoms with van der Waals surface area (Å²) in [5.41, 5.74) is 8.64. The predicted octanol–water partition coefficient (Wildman–Crippen LogP) is 1.57. The van der Waals surface area contributed by atoms with Crippen LogP contribution in [0.25, 0.3) is 0 Å². The lowest BCUT2D eigenvalue weighted by Gasteiger charge is -2.28. The highest BCUT2D eigenvalue weighted by molar-refractivity contribution is 5.89. The first-order valence-corrected chi connectivity index (χ1v) is 6.06. The van der Waals surface area contributed by atoms with Crippen molar-refractivity contribution in [3.05, 3.63) is 41.5 Å². The number of nitrogens with two attached hydrogens (primary N) is 1. The highest BCUT2D eigenvalue weighted by Crippen LogP contribution is 2.20. The number of ether oxygens (including phenoxy) is 1. The molecule has 0 spiro atoms. The van der Waals surface area contributed by atoms with E-state index in [1.807, 2.05) is 12.1 Å². The van der Waals surface area contributed by atoms with E-state index in [4.69, 9.17) is 5.73 Å². The van der Waals surface area contributed by atoms with Crippen molar-refractivity contribution in [1.29, 1.82) is 0 Å². The van der Waals surface area contributed by atoms with Crippen molar-refractivity contribution in [2.45, 2.75) is 6.42 Å². The van der Waals surface area contributed by atoms with Crippen LogP contribution in [0.5, 0.6) is 0 Å². The average molecular weight is 246 g/mol. The molecule has 0 amide bonds. The molecule has 0 unspecified atom stereocenters. The maximum Gasteiger partial charge on any atom is 0.337 e. The van der Waals surface area contributed by atoms with Gasteiger partial charge >= 0.3 is 5.97 Å². The van der Waals surface area contributed by atoms with Crippen molar-refractivity contribution in [2.24, 2.45) is 5.73 Å². The normalized spacial score (nSPS) is 15.2. The van der Waals surface area contributed by atoms with Crippen LogP contribution in [0, 0.1) is 0 Å². The van der Waals surface area contributed by atoms with E-state index in [2.05, 4.69) is 15.7 Å². The summed E-state index contributed by atoms with van der Waals surface area (Å²) >= 11 is 0. The highest BCUT2D eigenvalue weighted by atomic mass is 16.5. The van der Waals surface area contributed by atoms with Crippen molar-refractivity contribution < 1.29 is 9.53 Å². The molecular weight excluding hydrogens is 228 g/mol. The monoisotopic (exact) mass is 246 g/mol. The SMILES string of the molecule is COC(=O)c1ccc(N2CC=C(CN)CC2)cc1. The van der Waals surface area contributed by atoms with Gasteiger partial charge in [-0.3, -0.25) is 0 Å².